The summed E-state index contributed by atoms with van der Waals surface area (Å²) in [7, 11) is 0. The zero-order valence-electron chi connectivity index (χ0n) is 12.4. The van der Waals surface area contributed by atoms with Crippen molar-refractivity contribution in [1.29, 1.82) is 0 Å². The summed E-state index contributed by atoms with van der Waals surface area (Å²) in [6.07, 6.45) is 9.66. The molecule has 1 aliphatic carbocycles. The molecule has 0 bridgehead atoms. The molecule has 2 rings (SSSR count). The summed E-state index contributed by atoms with van der Waals surface area (Å²) in [6.45, 7) is 12.7. The Morgan fingerprint density at radius 3 is 2.47 bits per heavy atom. The van der Waals surface area contributed by atoms with Crippen molar-refractivity contribution in [3.05, 3.63) is 76.4 Å². The molecule has 0 N–H and O–H groups in total. The van der Waals surface area contributed by atoms with E-state index in [2.05, 4.69) is 70.7 Å². The third-order valence-electron chi connectivity index (χ3n) is 3.82. The highest BCUT2D eigenvalue weighted by molar-refractivity contribution is 5.80. The fourth-order valence-electron chi connectivity index (χ4n) is 2.62. The van der Waals surface area contributed by atoms with Crippen LogP contribution in [-0.2, 0) is 6.42 Å². The third kappa shape index (κ3) is 2.63. The van der Waals surface area contributed by atoms with E-state index in [9.17, 15) is 0 Å². The predicted molar refractivity (Wildman–Crippen MR) is 85.3 cm³/mol. The molecule has 0 radical (unpaired) electrons. The summed E-state index contributed by atoms with van der Waals surface area (Å²) in [4.78, 5) is 0. The number of hydrogen-bond donors (Lipinski definition) is 0. The van der Waals surface area contributed by atoms with Gasteiger partial charge >= 0.3 is 0 Å². The Kier molecular flexibility index (Phi) is 3.90. The monoisotopic (exact) mass is 250 g/mol. The van der Waals surface area contributed by atoms with Gasteiger partial charge in [-0.1, -0.05) is 43.0 Å². The molecule has 1 aliphatic rings. The van der Waals surface area contributed by atoms with Crippen molar-refractivity contribution in [1.82, 2.24) is 0 Å². The van der Waals surface area contributed by atoms with Gasteiger partial charge in [-0.2, -0.15) is 0 Å². The first-order valence-electron chi connectivity index (χ1n) is 6.86. The molecule has 1 aromatic rings. The summed E-state index contributed by atoms with van der Waals surface area (Å²) >= 11 is 0. The first-order valence-corrected chi connectivity index (χ1v) is 6.86. The molecular weight excluding hydrogens is 228 g/mol. The maximum atomic E-state index is 4.23. The van der Waals surface area contributed by atoms with E-state index in [-0.39, 0.29) is 0 Å². The molecule has 0 amide bonds. The topological polar surface area (TPSA) is 0 Å². The average molecular weight is 250 g/mol. The Morgan fingerprint density at radius 2 is 1.84 bits per heavy atom. The van der Waals surface area contributed by atoms with Crippen molar-refractivity contribution in [3.8, 4) is 0 Å². The van der Waals surface area contributed by atoms with Crippen molar-refractivity contribution in [2.45, 2.75) is 34.1 Å². The lowest BCUT2D eigenvalue weighted by Crippen LogP contribution is -2.05. The van der Waals surface area contributed by atoms with Gasteiger partial charge in [0.1, 0.15) is 0 Å². The Bertz CT molecular complexity index is 607. The van der Waals surface area contributed by atoms with Crippen LogP contribution in [-0.4, -0.2) is 0 Å². The quantitative estimate of drug-likeness (QED) is 0.623. The van der Waals surface area contributed by atoms with Gasteiger partial charge in [0.25, 0.3) is 0 Å². The molecule has 0 heteroatoms. The van der Waals surface area contributed by atoms with E-state index in [4.69, 9.17) is 0 Å². The van der Waals surface area contributed by atoms with Gasteiger partial charge < -0.3 is 0 Å². The smallest absolute Gasteiger partial charge is 0.00135 e. The summed E-state index contributed by atoms with van der Waals surface area (Å²) < 4.78 is 0. The van der Waals surface area contributed by atoms with Crippen LogP contribution in [0.4, 0.5) is 0 Å². The number of benzene rings is 1. The molecule has 98 valence electrons. The maximum absolute atomic E-state index is 4.23. The second kappa shape index (κ2) is 5.44. The molecule has 0 fully saturated rings. The van der Waals surface area contributed by atoms with Crippen LogP contribution in [0.5, 0.6) is 0 Å². The largest absolute Gasteiger partial charge is 0.0911 e. The number of aryl methyl sites for hydroxylation is 2. The second-order valence-corrected chi connectivity index (χ2v) is 5.21. The number of rotatable bonds is 2. The lowest BCUT2D eigenvalue weighted by atomic mass is 9.83. The van der Waals surface area contributed by atoms with Crippen LogP contribution in [0.2, 0.25) is 0 Å². The van der Waals surface area contributed by atoms with Crippen molar-refractivity contribution in [2.75, 3.05) is 0 Å². The summed E-state index contributed by atoms with van der Waals surface area (Å²) in [5.41, 5.74) is 9.20. The van der Waals surface area contributed by atoms with E-state index in [1.807, 2.05) is 0 Å². The van der Waals surface area contributed by atoms with E-state index < -0.39 is 0 Å². The molecule has 19 heavy (non-hydrogen) atoms. The van der Waals surface area contributed by atoms with Crippen LogP contribution in [0.1, 0.15) is 36.1 Å². The molecule has 1 aromatic carbocycles. The zero-order chi connectivity index (χ0) is 14.0. The zero-order valence-corrected chi connectivity index (χ0v) is 12.4. The molecule has 0 saturated carbocycles. The molecule has 0 unspecified atom stereocenters. The second-order valence-electron chi connectivity index (χ2n) is 5.21. The van der Waals surface area contributed by atoms with Gasteiger partial charge in [0.15, 0.2) is 0 Å². The van der Waals surface area contributed by atoms with Gasteiger partial charge in [0, 0.05) is 0 Å². The highest BCUT2D eigenvalue weighted by Gasteiger charge is 2.16. The Hall–Kier alpha value is -1.82. The van der Waals surface area contributed by atoms with Crippen LogP contribution in [0.3, 0.4) is 0 Å². The van der Waals surface area contributed by atoms with Gasteiger partial charge in [-0.15, -0.1) is 0 Å². The van der Waals surface area contributed by atoms with E-state index in [0.717, 1.165) is 12.0 Å². The maximum Gasteiger partial charge on any atom is -0.00135 e. The summed E-state index contributed by atoms with van der Waals surface area (Å²) in [6, 6.07) is 4.58. The van der Waals surface area contributed by atoms with Gasteiger partial charge in [-0.3, -0.25) is 0 Å². The Morgan fingerprint density at radius 1 is 1.16 bits per heavy atom. The molecular formula is C19H22. The normalized spacial score (nSPS) is 15.7. The van der Waals surface area contributed by atoms with Crippen molar-refractivity contribution < 1.29 is 0 Å². The van der Waals surface area contributed by atoms with Gasteiger partial charge in [-0.25, -0.2) is 0 Å². The minimum Gasteiger partial charge on any atom is -0.0911 e. The molecule has 0 aromatic heterocycles. The lowest BCUT2D eigenvalue weighted by Gasteiger charge is -2.21. The van der Waals surface area contributed by atoms with Crippen molar-refractivity contribution in [2.24, 2.45) is 0 Å². The van der Waals surface area contributed by atoms with E-state index >= 15 is 0 Å². The minimum atomic E-state index is 0.999. The van der Waals surface area contributed by atoms with E-state index in [1.54, 1.807) is 0 Å². The Balaban J connectivity index is 2.47. The predicted octanol–water partition coefficient (Wildman–Crippen LogP) is 5.32. The molecule has 0 aliphatic heterocycles. The standard InChI is InChI=1S/C19H22/c1-6-8-16(7-2)17-10-15(5)19-11-14(4)13(3)9-18(19)12-17/h6-11H,5,12H2,1-4H3/b8-6-,16-7+. The van der Waals surface area contributed by atoms with Crippen LogP contribution in [0, 0.1) is 13.8 Å². The first-order chi connectivity index (χ1) is 9.06. The van der Waals surface area contributed by atoms with Crippen molar-refractivity contribution in [3.63, 3.8) is 0 Å². The lowest BCUT2D eigenvalue weighted by molar-refractivity contribution is 1.12. The van der Waals surface area contributed by atoms with Crippen molar-refractivity contribution >= 4 is 5.57 Å². The fraction of sp³-hybridized carbons (Fsp3) is 0.263. The minimum absolute atomic E-state index is 0.999. The molecule has 0 nitrogen and oxygen atoms in total. The number of fused-ring (bicyclic) bond motifs is 1. The van der Waals surface area contributed by atoms with Gasteiger partial charge in [-0.05, 0) is 73.1 Å². The molecule has 0 atom stereocenters. The van der Waals surface area contributed by atoms with Crippen LogP contribution < -0.4 is 0 Å². The van der Waals surface area contributed by atoms with E-state index in [1.165, 1.54) is 33.4 Å². The first kappa shape index (κ1) is 13.6. The highest BCUT2D eigenvalue weighted by Crippen LogP contribution is 2.33. The average Bonchev–Trinajstić information content (AvgIpc) is 2.38. The van der Waals surface area contributed by atoms with E-state index in [0.29, 0.717) is 0 Å². The number of allylic oxidation sites excluding steroid dienone is 7. The molecule has 0 spiro atoms. The van der Waals surface area contributed by atoms with Crippen LogP contribution >= 0.6 is 0 Å². The van der Waals surface area contributed by atoms with Gasteiger partial charge in [0.05, 0.1) is 0 Å². The third-order valence-corrected chi connectivity index (χ3v) is 3.82. The molecule has 0 heterocycles. The summed E-state index contributed by atoms with van der Waals surface area (Å²) in [5.74, 6) is 0. The SMILES string of the molecule is C=C1C=C(C(/C=C\C)=C/C)Cc2cc(C)c(C)cc21. The summed E-state index contributed by atoms with van der Waals surface area (Å²) in [5, 5.41) is 0. The number of hydrogen-bond acceptors (Lipinski definition) is 0. The van der Waals surface area contributed by atoms with Crippen LogP contribution in [0.15, 0.2) is 54.2 Å². The van der Waals surface area contributed by atoms with Gasteiger partial charge in [0.2, 0.25) is 0 Å². The highest BCUT2D eigenvalue weighted by atomic mass is 14.2. The Labute approximate surface area is 116 Å². The molecule has 0 saturated heterocycles. The van der Waals surface area contributed by atoms with Crippen LogP contribution in [0.25, 0.3) is 5.57 Å². The fourth-order valence-corrected chi connectivity index (χ4v) is 2.62.